The largest absolute Gasteiger partial charge is 0.507 e. The van der Waals surface area contributed by atoms with E-state index in [9.17, 15) is 24.6 Å². The van der Waals surface area contributed by atoms with Crippen molar-refractivity contribution in [3.8, 4) is 28.7 Å². The van der Waals surface area contributed by atoms with Crippen LogP contribution in [0.3, 0.4) is 0 Å². The van der Waals surface area contributed by atoms with Crippen molar-refractivity contribution in [1.82, 2.24) is 15.3 Å². The Morgan fingerprint density at radius 2 is 1.76 bits per heavy atom. The van der Waals surface area contributed by atoms with Crippen molar-refractivity contribution in [2.45, 2.75) is 70.4 Å². The number of ether oxygens (including phenoxy) is 4. The van der Waals surface area contributed by atoms with Gasteiger partial charge in [0.25, 0.3) is 0 Å². The van der Waals surface area contributed by atoms with E-state index in [1.165, 1.54) is 27.4 Å². The van der Waals surface area contributed by atoms with Crippen LogP contribution in [0.5, 0.6) is 28.7 Å². The maximum atomic E-state index is 13.7. The Kier molecular flexibility index (Phi) is 11.6. The van der Waals surface area contributed by atoms with Gasteiger partial charge in [0.15, 0.2) is 11.5 Å². The summed E-state index contributed by atoms with van der Waals surface area (Å²) in [5.41, 5.74) is 2.07. The monoisotopic (exact) mass is 685 g/mol. The molecule has 1 amide bonds. The number of amides is 1. The van der Waals surface area contributed by atoms with E-state index in [2.05, 4.69) is 15.3 Å². The minimum Gasteiger partial charge on any atom is -0.507 e. The zero-order valence-corrected chi connectivity index (χ0v) is 28.7. The first-order valence-corrected chi connectivity index (χ1v) is 16.6. The number of nitrogens with zero attached hydrogens (tertiary/aromatic N) is 1. The summed E-state index contributed by atoms with van der Waals surface area (Å²) in [4.78, 5) is 47.3. The van der Waals surface area contributed by atoms with Crippen LogP contribution in [0.1, 0.15) is 90.7 Å². The number of phenols is 2. The minimum atomic E-state index is -1.00. The van der Waals surface area contributed by atoms with Crippen LogP contribution >= 0.6 is 0 Å². The van der Waals surface area contributed by atoms with Gasteiger partial charge in [-0.25, -0.2) is 9.78 Å². The lowest BCUT2D eigenvalue weighted by molar-refractivity contribution is -0.121. The van der Waals surface area contributed by atoms with Crippen LogP contribution < -0.4 is 19.5 Å². The molecule has 5 rings (SSSR count). The molecular formula is C38H43N3O9. The maximum absolute atomic E-state index is 13.7. The Morgan fingerprint density at radius 3 is 2.46 bits per heavy atom. The third kappa shape index (κ3) is 8.19. The highest BCUT2D eigenvalue weighted by atomic mass is 16.5. The predicted octanol–water partition coefficient (Wildman–Crippen LogP) is 6.32. The highest BCUT2D eigenvalue weighted by Crippen LogP contribution is 2.47. The molecule has 0 radical (unpaired) electrons. The molecule has 0 aliphatic carbocycles. The minimum absolute atomic E-state index is 0.0540. The molecule has 3 aromatic carbocycles. The summed E-state index contributed by atoms with van der Waals surface area (Å²) in [6.45, 7) is 1.82. The molecule has 0 saturated heterocycles. The molecule has 4 aromatic rings. The lowest BCUT2D eigenvalue weighted by Gasteiger charge is -2.24. The number of aromatic hydroxyl groups is 2. The molecule has 1 aliphatic rings. The highest BCUT2D eigenvalue weighted by Gasteiger charge is 2.32. The molecule has 264 valence electrons. The normalized spacial score (nSPS) is 16.2. The summed E-state index contributed by atoms with van der Waals surface area (Å²) >= 11 is 0. The Balaban J connectivity index is 1.58. The summed E-state index contributed by atoms with van der Waals surface area (Å²) in [7, 11) is 4.37. The number of para-hydroxylation sites is 2. The van der Waals surface area contributed by atoms with Gasteiger partial charge in [-0.1, -0.05) is 24.3 Å². The number of phenolic OH excluding ortho intramolecular Hbond substituents is 2. The fourth-order valence-electron chi connectivity index (χ4n) is 6.24. The number of nitrogens with one attached hydrogen (secondary N) is 2. The second-order valence-electron chi connectivity index (χ2n) is 12.3. The van der Waals surface area contributed by atoms with E-state index in [0.717, 1.165) is 11.0 Å². The number of rotatable bonds is 9. The van der Waals surface area contributed by atoms with Gasteiger partial charge in [-0.05, 0) is 74.1 Å². The molecule has 0 bridgehead atoms. The average molecular weight is 686 g/mol. The van der Waals surface area contributed by atoms with Crippen molar-refractivity contribution < 1.29 is 43.5 Å². The molecule has 12 heteroatoms. The van der Waals surface area contributed by atoms with Gasteiger partial charge in [-0.15, -0.1) is 0 Å². The second kappa shape index (κ2) is 16.3. The number of allylic oxidation sites excluding steroid dienone is 1. The Labute approximate surface area is 290 Å². The lowest BCUT2D eigenvalue weighted by atomic mass is 9.84. The van der Waals surface area contributed by atoms with Gasteiger partial charge in [0.05, 0.1) is 45.0 Å². The van der Waals surface area contributed by atoms with Gasteiger partial charge < -0.3 is 39.5 Å². The van der Waals surface area contributed by atoms with Crippen LogP contribution in [0.15, 0.2) is 48.5 Å². The number of cyclic esters (lactones) is 1. The Morgan fingerprint density at radius 1 is 1.04 bits per heavy atom. The summed E-state index contributed by atoms with van der Waals surface area (Å²) in [5, 5.41) is 26.4. The van der Waals surface area contributed by atoms with Crippen LogP contribution in [-0.2, 0) is 20.9 Å². The molecule has 50 heavy (non-hydrogen) atoms. The van der Waals surface area contributed by atoms with Gasteiger partial charge in [0, 0.05) is 30.7 Å². The molecule has 2 unspecified atom stereocenters. The molecule has 4 N–H and O–H groups in total. The van der Waals surface area contributed by atoms with Crippen molar-refractivity contribution >= 4 is 34.8 Å². The molecule has 12 nitrogen and oxygen atoms in total. The molecule has 0 saturated carbocycles. The number of imidazole rings is 1. The highest BCUT2D eigenvalue weighted by molar-refractivity contribution is 5.98. The fourth-order valence-corrected chi connectivity index (χ4v) is 6.24. The van der Waals surface area contributed by atoms with E-state index in [4.69, 9.17) is 18.9 Å². The number of methoxy groups -OCH3 is 3. The zero-order chi connectivity index (χ0) is 35.8. The number of aromatic amines is 1. The fraction of sp³-hybridized carbons (Fsp3) is 0.368. The third-order valence-corrected chi connectivity index (χ3v) is 8.77. The zero-order valence-electron chi connectivity index (χ0n) is 28.7. The number of benzene rings is 3. The first-order chi connectivity index (χ1) is 24.1. The van der Waals surface area contributed by atoms with Crippen LogP contribution in [0.2, 0.25) is 0 Å². The number of hydrogen-bond acceptors (Lipinski definition) is 10. The molecule has 1 aliphatic heterocycles. The third-order valence-electron chi connectivity index (χ3n) is 8.77. The lowest BCUT2D eigenvalue weighted by Crippen LogP contribution is -2.26. The van der Waals surface area contributed by atoms with E-state index < -0.39 is 29.6 Å². The summed E-state index contributed by atoms with van der Waals surface area (Å²) < 4.78 is 22.4. The van der Waals surface area contributed by atoms with Crippen molar-refractivity contribution in [3.05, 3.63) is 76.6 Å². The number of carbonyl (C=O) groups is 3. The number of Topliss-reactive ketones (excluding diaryl/α,β-unsaturated/α-hetero) is 1. The number of hydrogen-bond donors (Lipinski definition) is 4. The first kappa shape index (κ1) is 35.8. The number of ketones is 1. The quantitative estimate of drug-likeness (QED) is 0.146. The van der Waals surface area contributed by atoms with Gasteiger partial charge in [0.2, 0.25) is 11.7 Å². The molecule has 1 aromatic heterocycles. The Bertz CT molecular complexity index is 1840. The van der Waals surface area contributed by atoms with Crippen molar-refractivity contribution in [2.24, 2.45) is 0 Å². The maximum Gasteiger partial charge on any atom is 0.342 e. The average Bonchev–Trinajstić information content (AvgIpc) is 3.52. The number of fused-ring (bicyclic) bond motifs is 2. The first-order valence-electron chi connectivity index (χ1n) is 16.6. The van der Waals surface area contributed by atoms with Crippen LogP contribution in [0.4, 0.5) is 0 Å². The number of esters is 1. The topological polar surface area (TPSA) is 169 Å². The van der Waals surface area contributed by atoms with Gasteiger partial charge in [-0.2, -0.15) is 0 Å². The molecular weight excluding hydrogens is 642 g/mol. The van der Waals surface area contributed by atoms with Gasteiger partial charge in [0.1, 0.15) is 28.7 Å². The molecule has 2 heterocycles. The number of aromatic nitrogens is 2. The van der Waals surface area contributed by atoms with Gasteiger partial charge >= 0.3 is 5.97 Å². The van der Waals surface area contributed by atoms with Crippen molar-refractivity contribution in [1.29, 1.82) is 0 Å². The predicted molar refractivity (Wildman–Crippen MR) is 187 cm³/mol. The smallest absolute Gasteiger partial charge is 0.342 e. The van der Waals surface area contributed by atoms with E-state index >= 15 is 0 Å². The second-order valence-corrected chi connectivity index (χ2v) is 12.3. The van der Waals surface area contributed by atoms with Gasteiger partial charge in [-0.3, -0.25) is 9.59 Å². The van der Waals surface area contributed by atoms with E-state index in [0.29, 0.717) is 67.2 Å². The van der Waals surface area contributed by atoms with Crippen molar-refractivity contribution in [3.63, 3.8) is 0 Å². The summed E-state index contributed by atoms with van der Waals surface area (Å²) in [5.74, 6) is -1.47. The summed E-state index contributed by atoms with van der Waals surface area (Å²) in [6.07, 6.45) is 5.67. The molecule has 0 fully saturated rings. The molecule has 0 spiro atoms. The SMILES string of the molecule is COc1cc(C(CC(=O)NCc2nc3ccccc3[nH]2)c2c(O)cc3c(c2O)C(=O)OC(C)CCCC(=O)CCCC=C3)cc(OC)c1OC. The van der Waals surface area contributed by atoms with Crippen molar-refractivity contribution in [2.75, 3.05) is 21.3 Å². The number of H-pyrrole nitrogens is 1. The van der Waals surface area contributed by atoms with E-state index in [-0.39, 0.29) is 41.2 Å². The van der Waals surface area contributed by atoms with Crippen LogP contribution in [0, 0.1) is 0 Å². The van der Waals surface area contributed by atoms with Crippen LogP contribution in [0.25, 0.3) is 17.1 Å². The molecule has 2 atom stereocenters. The number of carbonyl (C=O) groups excluding carboxylic acids is 3. The Hall–Kier alpha value is -5.52. The van der Waals surface area contributed by atoms with E-state index in [1.807, 2.05) is 24.3 Å². The standard InChI is InChI=1S/C38H43N3O9/c1-22-11-10-14-25(42)13-7-5-6-12-23-17-29(43)35(36(45)34(23)38(46)50-22)26(24-18-30(47-2)37(49-4)31(19-24)48-3)20-33(44)39-21-32-40-27-15-8-9-16-28(27)41-32/h6,8-9,12,15-19,22,26,43,45H,5,7,10-11,13-14,20-21H2,1-4H3,(H,39,44)(H,40,41). The summed E-state index contributed by atoms with van der Waals surface area (Å²) in [6, 6.07) is 12.1. The van der Waals surface area contributed by atoms with E-state index in [1.54, 1.807) is 31.2 Å². The van der Waals surface area contributed by atoms with Crippen LogP contribution in [-0.4, -0.2) is 65.3 Å².